The molecule has 0 atom stereocenters. The predicted octanol–water partition coefficient (Wildman–Crippen LogP) is 4.08. The summed E-state index contributed by atoms with van der Waals surface area (Å²) >= 11 is 7.33. The van der Waals surface area contributed by atoms with Gasteiger partial charge in [0.15, 0.2) is 0 Å². The number of thiophene rings is 1. The summed E-state index contributed by atoms with van der Waals surface area (Å²) in [5.41, 5.74) is 2.15. The van der Waals surface area contributed by atoms with Gasteiger partial charge < -0.3 is 0 Å². The smallest absolute Gasteiger partial charge is 0.271 e. The van der Waals surface area contributed by atoms with Gasteiger partial charge in [-0.2, -0.15) is 0 Å². The van der Waals surface area contributed by atoms with Crippen LogP contribution in [0.25, 0.3) is 20.7 Å². The predicted molar refractivity (Wildman–Crippen MR) is 121 cm³/mol. The number of nitrogens with zero attached hydrogens (tertiary/aromatic N) is 3. The number of hydrogen-bond donors (Lipinski definition) is 0. The lowest BCUT2D eigenvalue weighted by molar-refractivity contribution is 0.520. The van der Waals surface area contributed by atoms with E-state index in [9.17, 15) is 13.2 Å². The Bertz CT molecular complexity index is 1390. The fourth-order valence-corrected chi connectivity index (χ4v) is 5.19. The molecular formula is C21H18ClN3O3S2. The third-order valence-electron chi connectivity index (χ3n) is 4.66. The van der Waals surface area contributed by atoms with Crippen molar-refractivity contribution in [2.45, 2.75) is 11.4 Å². The molecule has 0 saturated heterocycles. The van der Waals surface area contributed by atoms with Crippen LogP contribution in [-0.4, -0.2) is 36.4 Å². The van der Waals surface area contributed by atoms with Gasteiger partial charge in [-0.25, -0.2) is 17.7 Å². The summed E-state index contributed by atoms with van der Waals surface area (Å²) in [6.45, 7) is 0.229. The molecule has 0 amide bonds. The zero-order valence-electron chi connectivity index (χ0n) is 16.2. The highest BCUT2D eigenvalue weighted by Gasteiger charge is 2.17. The fourth-order valence-electron chi connectivity index (χ4n) is 3.03. The Morgan fingerprint density at radius 3 is 2.53 bits per heavy atom. The molecule has 2 heterocycles. The largest absolute Gasteiger partial charge is 0.294 e. The Hall–Kier alpha value is -2.52. The van der Waals surface area contributed by atoms with E-state index in [-0.39, 0.29) is 17.0 Å². The van der Waals surface area contributed by atoms with Gasteiger partial charge in [0.05, 0.1) is 23.3 Å². The molecule has 0 bridgehead atoms. The molecule has 4 rings (SSSR count). The molecule has 30 heavy (non-hydrogen) atoms. The highest BCUT2D eigenvalue weighted by molar-refractivity contribution is 7.89. The van der Waals surface area contributed by atoms with Crippen molar-refractivity contribution in [3.8, 4) is 10.4 Å². The molecule has 0 saturated carbocycles. The molecule has 4 aromatic rings. The molecule has 0 radical (unpaired) electrons. The maximum atomic E-state index is 13.0. The van der Waals surface area contributed by atoms with Crippen LogP contribution in [0.4, 0.5) is 0 Å². The van der Waals surface area contributed by atoms with Crippen LogP contribution < -0.4 is 5.56 Å². The molecule has 2 aromatic carbocycles. The van der Waals surface area contributed by atoms with E-state index in [2.05, 4.69) is 4.98 Å². The number of fused-ring (bicyclic) bond motifs is 1. The summed E-state index contributed by atoms with van der Waals surface area (Å²) in [6, 6.07) is 15.9. The number of aromatic nitrogens is 2. The molecule has 0 fully saturated rings. The SMILES string of the molecule is CN(C)S(=O)(=O)c1cccc(Cn2cnc3cc(-c4ccc(Cl)cc4)sc3c2=O)c1. The van der Waals surface area contributed by atoms with Crippen molar-refractivity contribution in [2.24, 2.45) is 0 Å². The Kier molecular flexibility index (Phi) is 5.50. The lowest BCUT2D eigenvalue weighted by Gasteiger charge is -2.12. The number of rotatable bonds is 5. The van der Waals surface area contributed by atoms with Gasteiger partial charge in [0, 0.05) is 24.0 Å². The van der Waals surface area contributed by atoms with Crippen LogP contribution in [0.1, 0.15) is 5.56 Å². The van der Waals surface area contributed by atoms with Crippen LogP contribution in [0.5, 0.6) is 0 Å². The van der Waals surface area contributed by atoms with Crippen LogP contribution in [0.2, 0.25) is 5.02 Å². The molecule has 0 aliphatic carbocycles. The molecule has 0 unspecified atom stereocenters. The van der Waals surface area contributed by atoms with Crippen molar-refractivity contribution in [1.82, 2.24) is 13.9 Å². The van der Waals surface area contributed by atoms with E-state index in [0.717, 1.165) is 14.7 Å². The minimum atomic E-state index is -3.54. The first-order valence-corrected chi connectivity index (χ1v) is 11.7. The highest BCUT2D eigenvalue weighted by Crippen LogP contribution is 2.31. The number of hydrogen-bond acceptors (Lipinski definition) is 5. The van der Waals surface area contributed by atoms with E-state index in [0.29, 0.717) is 20.8 Å². The summed E-state index contributed by atoms with van der Waals surface area (Å²) in [4.78, 5) is 18.6. The first kappa shape index (κ1) is 20.7. The second-order valence-corrected chi connectivity index (χ2v) is 10.6. The Balaban J connectivity index is 1.70. The number of halogens is 1. The molecule has 6 nitrogen and oxygen atoms in total. The third-order valence-corrected chi connectivity index (χ3v) is 7.89. The summed E-state index contributed by atoms with van der Waals surface area (Å²) in [6.07, 6.45) is 1.50. The fraction of sp³-hybridized carbons (Fsp3) is 0.143. The molecule has 0 aliphatic rings. The normalized spacial score (nSPS) is 12.0. The quantitative estimate of drug-likeness (QED) is 0.451. The summed E-state index contributed by atoms with van der Waals surface area (Å²) in [5, 5.41) is 0.652. The topological polar surface area (TPSA) is 72.3 Å². The Morgan fingerprint density at radius 2 is 1.83 bits per heavy atom. The summed E-state index contributed by atoms with van der Waals surface area (Å²) in [5.74, 6) is 0. The van der Waals surface area contributed by atoms with Crippen LogP contribution in [0.15, 0.2) is 70.6 Å². The van der Waals surface area contributed by atoms with Crippen LogP contribution in [-0.2, 0) is 16.6 Å². The second kappa shape index (κ2) is 7.96. The monoisotopic (exact) mass is 459 g/mol. The van der Waals surface area contributed by atoms with Gasteiger partial charge in [-0.1, -0.05) is 35.9 Å². The van der Waals surface area contributed by atoms with Gasteiger partial charge >= 0.3 is 0 Å². The zero-order valence-corrected chi connectivity index (χ0v) is 18.6. The summed E-state index contributed by atoms with van der Waals surface area (Å²) < 4.78 is 28.0. The van der Waals surface area contributed by atoms with Gasteiger partial charge in [0.2, 0.25) is 10.0 Å². The van der Waals surface area contributed by atoms with E-state index >= 15 is 0 Å². The lowest BCUT2D eigenvalue weighted by Crippen LogP contribution is -2.23. The lowest BCUT2D eigenvalue weighted by atomic mass is 10.2. The van der Waals surface area contributed by atoms with Crippen LogP contribution in [0.3, 0.4) is 0 Å². The van der Waals surface area contributed by atoms with Crippen molar-refractivity contribution in [3.63, 3.8) is 0 Å². The zero-order chi connectivity index (χ0) is 21.5. The average molecular weight is 460 g/mol. The van der Waals surface area contributed by atoms with Crippen molar-refractivity contribution in [3.05, 3.63) is 81.9 Å². The van der Waals surface area contributed by atoms with Gasteiger partial charge in [0.25, 0.3) is 5.56 Å². The molecule has 154 valence electrons. The molecule has 0 spiro atoms. The van der Waals surface area contributed by atoms with Crippen molar-refractivity contribution < 1.29 is 8.42 Å². The first-order valence-electron chi connectivity index (χ1n) is 9.02. The molecule has 2 aromatic heterocycles. The first-order chi connectivity index (χ1) is 14.3. The maximum absolute atomic E-state index is 13.0. The van der Waals surface area contributed by atoms with Gasteiger partial charge in [-0.3, -0.25) is 9.36 Å². The maximum Gasteiger partial charge on any atom is 0.271 e. The second-order valence-electron chi connectivity index (χ2n) is 6.94. The number of sulfonamides is 1. The highest BCUT2D eigenvalue weighted by atomic mass is 35.5. The standard InChI is InChI=1S/C21H18ClN3O3S2/c1-24(2)30(27,28)17-5-3-4-14(10-17)12-25-13-23-18-11-19(29-20(18)21(25)26)15-6-8-16(22)9-7-15/h3-11,13H,12H2,1-2H3. The number of benzene rings is 2. The van der Waals surface area contributed by atoms with Gasteiger partial charge in [0.1, 0.15) is 4.70 Å². The molecule has 0 N–H and O–H groups in total. The molecule has 9 heteroatoms. The van der Waals surface area contributed by atoms with Gasteiger partial charge in [-0.05, 0) is 41.5 Å². The Labute approximate surface area is 183 Å². The van der Waals surface area contributed by atoms with Crippen molar-refractivity contribution >= 4 is 43.2 Å². The van der Waals surface area contributed by atoms with Crippen molar-refractivity contribution in [1.29, 1.82) is 0 Å². The molecular weight excluding hydrogens is 442 g/mol. The van der Waals surface area contributed by atoms with Crippen LogP contribution in [0, 0.1) is 0 Å². The third kappa shape index (κ3) is 3.91. The van der Waals surface area contributed by atoms with Crippen LogP contribution >= 0.6 is 22.9 Å². The minimum absolute atomic E-state index is 0.161. The van der Waals surface area contributed by atoms with E-state index in [1.807, 2.05) is 30.3 Å². The van der Waals surface area contributed by atoms with E-state index < -0.39 is 10.0 Å². The molecule has 0 aliphatic heterocycles. The Morgan fingerprint density at radius 1 is 1.10 bits per heavy atom. The van der Waals surface area contributed by atoms with E-state index in [1.54, 1.807) is 24.3 Å². The van der Waals surface area contributed by atoms with Crippen molar-refractivity contribution in [2.75, 3.05) is 14.1 Å². The van der Waals surface area contributed by atoms with Gasteiger partial charge in [-0.15, -0.1) is 11.3 Å². The van der Waals surface area contributed by atoms with E-state index in [1.165, 1.54) is 36.3 Å². The average Bonchev–Trinajstić information content (AvgIpc) is 3.16. The minimum Gasteiger partial charge on any atom is -0.294 e. The summed E-state index contributed by atoms with van der Waals surface area (Å²) in [7, 11) is -0.573. The van der Waals surface area contributed by atoms with E-state index in [4.69, 9.17) is 11.6 Å².